The summed E-state index contributed by atoms with van der Waals surface area (Å²) >= 11 is 1.67. The largest absolute Gasteiger partial charge is 0.509 e. The Labute approximate surface area is 179 Å². The highest BCUT2D eigenvalue weighted by Gasteiger charge is 2.44. The number of hydrogen-bond acceptors (Lipinski definition) is 4. The van der Waals surface area contributed by atoms with Gasteiger partial charge in [-0.05, 0) is 35.1 Å². The van der Waals surface area contributed by atoms with Crippen molar-refractivity contribution in [1.82, 2.24) is 10.6 Å². The molecule has 3 aromatic rings. The minimum Gasteiger partial charge on any atom is -0.509 e. The van der Waals surface area contributed by atoms with Gasteiger partial charge in [0, 0.05) is 17.8 Å². The van der Waals surface area contributed by atoms with Crippen LogP contribution in [-0.2, 0) is 22.6 Å². The number of rotatable bonds is 6. The van der Waals surface area contributed by atoms with Gasteiger partial charge >= 0.3 is 0 Å². The van der Waals surface area contributed by atoms with Crippen LogP contribution in [0.2, 0.25) is 0 Å². The SMILES string of the molecule is CC1(Cc2ccccc2)NC(=O)C(C(=O)NCc2ccc(-c3cccs3)cc2)=C1O. The smallest absolute Gasteiger partial charge is 0.261 e. The molecule has 30 heavy (non-hydrogen) atoms. The number of aliphatic hydroxyl groups is 1. The molecule has 4 rings (SSSR count). The number of hydrogen-bond donors (Lipinski definition) is 3. The highest BCUT2D eigenvalue weighted by molar-refractivity contribution is 7.13. The Bertz CT molecular complexity index is 1090. The lowest BCUT2D eigenvalue weighted by Crippen LogP contribution is -2.43. The van der Waals surface area contributed by atoms with Crippen LogP contribution >= 0.6 is 11.3 Å². The van der Waals surface area contributed by atoms with E-state index in [1.54, 1.807) is 18.3 Å². The molecule has 2 heterocycles. The quantitative estimate of drug-likeness (QED) is 0.530. The molecule has 0 saturated carbocycles. The topological polar surface area (TPSA) is 78.4 Å². The summed E-state index contributed by atoms with van der Waals surface area (Å²) in [7, 11) is 0. The lowest BCUT2D eigenvalue weighted by Gasteiger charge is -2.24. The Hall–Kier alpha value is -3.38. The van der Waals surface area contributed by atoms with Gasteiger partial charge < -0.3 is 15.7 Å². The highest BCUT2D eigenvalue weighted by atomic mass is 32.1. The second-order valence-corrected chi connectivity index (χ2v) is 8.48. The van der Waals surface area contributed by atoms with Crippen LogP contribution < -0.4 is 10.6 Å². The first-order chi connectivity index (χ1) is 14.5. The van der Waals surface area contributed by atoms with E-state index in [0.717, 1.165) is 16.7 Å². The lowest BCUT2D eigenvalue weighted by molar-refractivity contribution is -0.123. The summed E-state index contributed by atoms with van der Waals surface area (Å²) in [6, 6.07) is 21.5. The number of benzene rings is 2. The van der Waals surface area contributed by atoms with Crippen molar-refractivity contribution in [1.29, 1.82) is 0 Å². The van der Waals surface area contributed by atoms with Crippen LogP contribution in [0.15, 0.2) is 83.4 Å². The Balaban J connectivity index is 1.44. The maximum atomic E-state index is 12.6. The molecule has 5 nitrogen and oxygen atoms in total. The summed E-state index contributed by atoms with van der Waals surface area (Å²) in [4.78, 5) is 26.3. The van der Waals surface area contributed by atoms with Crippen molar-refractivity contribution in [2.24, 2.45) is 0 Å². The van der Waals surface area contributed by atoms with Gasteiger partial charge in [0.05, 0.1) is 5.54 Å². The van der Waals surface area contributed by atoms with Crippen molar-refractivity contribution in [3.8, 4) is 10.4 Å². The van der Waals surface area contributed by atoms with Crippen LogP contribution in [0.4, 0.5) is 0 Å². The van der Waals surface area contributed by atoms with Crippen molar-refractivity contribution in [2.75, 3.05) is 0 Å². The highest BCUT2D eigenvalue weighted by Crippen LogP contribution is 2.29. The molecule has 0 saturated heterocycles. The predicted molar refractivity (Wildman–Crippen MR) is 118 cm³/mol. The molecule has 1 aliphatic rings. The van der Waals surface area contributed by atoms with Crippen LogP contribution in [0.3, 0.4) is 0 Å². The van der Waals surface area contributed by atoms with Gasteiger partial charge in [0.25, 0.3) is 11.8 Å². The molecule has 6 heteroatoms. The molecule has 0 bridgehead atoms. The van der Waals surface area contributed by atoms with Gasteiger partial charge in [0.1, 0.15) is 11.3 Å². The van der Waals surface area contributed by atoms with Crippen LogP contribution in [0, 0.1) is 0 Å². The van der Waals surface area contributed by atoms with E-state index in [0.29, 0.717) is 6.42 Å². The van der Waals surface area contributed by atoms with Crippen LogP contribution in [0.5, 0.6) is 0 Å². The molecule has 1 aliphatic heterocycles. The molecule has 3 N–H and O–H groups in total. The Morgan fingerprint density at radius 3 is 2.43 bits per heavy atom. The third kappa shape index (κ3) is 4.00. The fourth-order valence-electron chi connectivity index (χ4n) is 3.60. The van der Waals surface area contributed by atoms with E-state index in [-0.39, 0.29) is 17.9 Å². The zero-order valence-electron chi connectivity index (χ0n) is 16.5. The van der Waals surface area contributed by atoms with E-state index in [1.165, 1.54) is 4.88 Å². The van der Waals surface area contributed by atoms with Gasteiger partial charge in [-0.1, -0.05) is 60.7 Å². The second-order valence-electron chi connectivity index (χ2n) is 7.53. The predicted octanol–water partition coefficient (Wildman–Crippen LogP) is 3.97. The van der Waals surface area contributed by atoms with Crippen molar-refractivity contribution in [3.05, 3.63) is 94.6 Å². The summed E-state index contributed by atoms with van der Waals surface area (Å²) in [5, 5.41) is 18.2. The normalized spacial score (nSPS) is 18.4. The molecule has 0 fully saturated rings. The number of aliphatic hydroxyl groups excluding tert-OH is 1. The van der Waals surface area contributed by atoms with Crippen molar-refractivity contribution in [2.45, 2.75) is 25.4 Å². The third-order valence-corrected chi connectivity index (χ3v) is 6.14. The van der Waals surface area contributed by atoms with E-state index in [9.17, 15) is 14.7 Å². The number of nitrogens with one attached hydrogen (secondary N) is 2. The van der Waals surface area contributed by atoms with Crippen molar-refractivity contribution >= 4 is 23.2 Å². The molecule has 0 spiro atoms. The number of amides is 2. The van der Waals surface area contributed by atoms with Crippen LogP contribution in [0.1, 0.15) is 18.1 Å². The first kappa shape index (κ1) is 19.9. The van der Waals surface area contributed by atoms with Gasteiger partial charge in [-0.25, -0.2) is 0 Å². The maximum absolute atomic E-state index is 12.6. The molecule has 1 atom stereocenters. The molecule has 2 amide bonds. The lowest BCUT2D eigenvalue weighted by atomic mass is 9.91. The van der Waals surface area contributed by atoms with Crippen LogP contribution in [0.25, 0.3) is 10.4 Å². The number of carbonyl (C=O) groups excluding carboxylic acids is 2. The van der Waals surface area contributed by atoms with E-state index in [4.69, 9.17) is 0 Å². The molecule has 2 aromatic carbocycles. The number of carbonyl (C=O) groups is 2. The summed E-state index contributed by atoms with van der Waals surface area (Å²) in [6.45, 7) is 1.99. The summed E-state index contributed by atoms with van der Waals surface area (Å²) in [5.41, 5.74) is 1.76. The summed E-state index contributed by atoms with van der Waals surface area (Å²) < 4.78 is 0. The fraction of sp³-hybridized carbons (Fsp3) is 0.167. The molecular formula is C24H22N2O3S. The first-order valence-electron chi connectivity index (χ1n) is 9.67. The summed E-state index contributed by atoms with van der Waals surface area (Å²) in [5.74, 6) is -1.36. The molecule has 1 unspecified atom stereocenters. The van der Waals surface area contributed by atoms with Crippen LogP contribution in [-0.4, -0.2) is 22.5 Å². The third-order valence-electron chi connectivity index (χ3n) is 5.22. The Morgan fingerprint density at radius 2 is 1.77 bits per heavy atom. The average Bonchev–Trinajstić information content (AvgIpc) is 3.35. The average molecular weight is 419 g/mol. The molecular weight excluding hydrogens is 396 g/mol. The van der Waals surface area contributed by atoms with Crippen molar-refractivity contribution in [3.63, 3.8) is 0 Å². The number of thiophene rings is 1. The maximum Gasteiger partial charge on any atom is 0.261 e. The van der Waals surface area contributed by atoms with Gasteiger partial charge in [0.15, 0.2) is 0 Å². The van der Waals surface area contributed by atoms with E-state index >= 15 is 0 Å². The second kappa shape index (κ2) is 8.16. The van der Waals surface area contributed by atoms with E-state index in [2.05, 4.69) is 16.7 Å². The summed E-state index contributed by atoms with van der Waals surface area (Å²) in [6.07, 6.45) is 0.395. The Kier molecular flexibility index (Phi) is 5.42. The molecule has 1 aromatic heterocycles. The van der Waals surface area contributed by atoms with Gasteiger partial charge in [-0.2, -0.15) is 0 Å². The zero-order valence-corrected chi connectivity index (χ0v) is 17.3. The van der Waals surface area contributed by atoms with Gasteiger partial charge in [-0.3, -0.25) is 9.59 Å². The molecule has 0 aliphatic carbocycles. The monoisotopic (exact) mass is 418 g/mol. The van der Waals surface area contributed by atoms with Gasteiger partial charge in [0.2, 0.25) is 0 Å². The van der Waals surface area contributed by atoms with E-state index in [1.807, 2.05) is 66.0 Å². The zero-order chi connectivity index (χ0) is 21.1. The minimum absolute atomic E-state index is 0.219. The molecule has 152 valence electrons. The fourth-order valence-corrected chi connectivity index (χ4v) is 4.33. The first-order valence-corrected chi connectivity index (χ1v) is 10.6. The van der Waals surface area contributed by atoms with E-state index < -0.39 is 17.4 Å². The van der Waals surface area contributed by atoms with Gasteiger partial charge in [-0.15, -0.1) is 11.3 Å². The Morgan fingerprint density at radius 1 is 1.03 bits per heavy atom. The minimum atomic E-state index is -1.01. The molecule has 0 radical (unpaired) electrons. The standard InChI is InChI=1S/C24H22N2O3S/c1-24(14-16-6-3-2-4-7-16)21(27)20(23(29)26-24)22(28)25-15-17-9-11-18(12-10-17)19-8-5-13-30-19/h2-13,27H,14-15H2,1H3,(H,25,28)(H,26,29). The van der Waals surface area contributed by atoms with Crippen molar-refractivity contribution < 1.29 is 14.7 Å².